The van der Waals surface area contributed by atoms with Gasteiger partial charge < -0.3 is 24.8 Å². The minimum Gasteiger partial charge on any atom is -0.385 e. The van der Waals surface area contributed by atoms with Crippen LogP contribution in [0.2, 0.25) is 0 Å². The van der Waals surface area contributed by atoms with Crippen LogP contribution in [-0.2, 0) is 11.3 Å². The summed E-state index contributed by atoms with van der Waals surface area (Å²) in [5, 5.41) is 10.9. The Labute approximate surface area is 174 Å². The van der Waals surface area contributed by atoms with E-state index in [9.17, 15) is 0 Å². The first-order valence-corrected chi connectivity index (χ1v) is 9.26. The number of hydrogen-bond acceptors (Lipinski definition) is 5. The second-order valence-electron chi connectivity index (χ2n) is 6.91. The highest BCUT2D eigenvalue weighted by atomic mass is 127. The van der Waals surface area contributed by atoms with E-state index in [1.165, 1.54) is 0 Å². The van der Waals surface area contributed by atoms with Gasteiger partial charge in [-0.05, 0) is 25.2 Å². The van der Waals surface area contributed by atoms with Crippen molar-refractivity contribution < 1.29 is 9.26 Å². The zero-order valence-electron chi connectivity index (χ0n) is 16.5. The Morgan fingerprint density at radius 2 is 2.15 bits per heavy atom. The summed E-state index contributed by atoms with van der Waals surface area (Å²) in [6, 6.07) is 2.47. The van der Waals surface area contributed by atoms with E-state index < -0.39 is 0 Å². The molecule has 0 spiro atoms. The average Bonchev–Trinajstić information content (AvgIpc) is 3.09. The summed E-state index contributed by atoms with van der Waals surface area (Å²) >= 11 is 0. The molecule has 1 fully saturated rings. The Balaban J connectivity index is 0.00000338. The number of halogens is 1. The maximum atomic E-state index is 5.36. The predicted octanol–water partition coefficient (Wildman–Crippen LogP) is 2.58. The Morgan fingerprint density at radius 1 is 1.42 bits per heavy atom. The number of rotatable bonds is 8. The standard InChI is InChI=1S/C18H33N5O2.HI/c1-14(2)17-12-16(25-22-17)13-20-18(19-3)21-15-6-9-23(10-7-15)8-5-11-24-4;/h12,14-15H,5-11,13H2,1-4H3,(H2,19,20,21);1H. The van der Waals surface area contributed by atoms with Gasteiger partial charge in [0.15, 0.2) is 11.7 Å². The smallest absolute Gasteiger partial charge is 0.191 e. The molecular formula is C18H34IN5O2. The summed E-state index contributed by atoms with van der Waals surface area (Å²) < 4.78 is 10.5. The van der Waals surface area contributed by atoms with Crippen LogP contribution in [0.5, 0.6) is 0 Å². The summed E-state index contributed by atoms with van der Waals surface area (Å²) in [5.74, 6) is 2.03. The minimum atomic E-state index is 0. The van der Waals surface area contributed by atoms with E-state index in [1.807, 2.05) is 6.07 Å². The van der Waals surface area contributed by atoms with Gasteiger partial charge in [0.1, 0.15) is 0 Å². The summed E-state index contributed by atoms with van der Waals surface area (Å²) in [7, 11) is 3.56. The van der Waals surface area contributed by atoms with Crippen LogP contribution in [0.15, 0.2) is 15.6 Å². The van der Waals surface area contributed by atoms with Crippen molar-refractivity contribution in [3.8, 4) is 0 Å². The number of piperidine rings is 1. The van der Waals surface area contributed by atoms with Crippen molar-refractivity contribution in [2.45, 2.75) is 51.6 Å². The van der Waals surface area contributed by atoms with Crippen LogP contribution in [0.3, 0.4) is 0 Å². The van der Waals surface area contributed by atoms with Crippen molar-refractivity contribution in [1.29, 1.82) is 0 Å². The number of aliphatic imine (C=N–C) groups is 1. The van der Waals surface area contributed by atoms with E-state index in [2.05, 4.69) is 39.5 Å². The SMILES string of the molecule is CN=C(NCc1cc(C(C)C)no1)NC1CCN(CCCOC)CC1.I. The third-order valence-electron chi connectivity index (χ3n) is 4.57. The van der Waals surface area contributed by atoms with Crippen molar-refractivity contribution >= 4 is 29.9 Å². The molecule has 0 saturated carbocycles. The van der Waals surface area contributed by atoms with Crippen molar-refractivity contribution in [1.82, 2.24) is 20.7 Å². The van der Waals surface area contributed by atoms with E-state index >= 15 is 0 Å². The molecule has 1 aliphatic heterocycles. The number of ether oxygens (including phenoxy) is 1. The third-order valence-corrected chi connectivity index (χ3v) is 4.57. The maximum absolute atomic E-state index is 5.36. The minimum absolute atomic E-state index is 0. The van der Waals surface area contributed by atoms with Gasteiger partial charge >= 0.3 is 0 Å². The molecule has 0 bridgehead atoms. The maximum Gasteiger partial charge on any atom is 0.191 e. The molecule has 0 amide bonds. The second kappa shape index (κ2) is 12.5. The fourth-order valence-electron chi connectivity index (χ4n) is 2.98. The number of guanidine groups is 1. The van der Waals surface area contributed by atoms with E-state index in [1.54, 1.807) is 14.2 Å². The van der Waals surface area contributed by atoms with Gasteiger partial charge in [0.05, 0.1) is 12.2 Å². The first-order chi connectivity index (χ1) is 12.1. The zero-order valence-corrected chi connectivity index (χ0v) is 18.8. The lowest BCUT2D eigenvalue weighted by Gasteiger charge is -2.33. The molecule has 2 rings (SSSR count). The van der Waals surface area contributed by atoms with Crippen molar-refractivity contribution in [3.63, 3.8) is 0 Å². The number of hydrogen-bond donors (Lipinski definition) is 2. The molecular weight excluding hydrogens is 445 g/mol. The van der Waals surface area contributed by atoms with Gasteiger partial charge in [-0.1, -0.05) is 19.0 Å². The monoisotopic (exact) mass is 479 g/mol. The molecule has 8 heteroatoms. The Bertz CT molecular complexity index is 527. The van der Waals surface area contributed by atoms with Gasteiger partial charge in [-0.25, -0.2) is 0 Å². The third kappa shape index (κ3) is 7.79. The van der Waals surface area contributed by atoms with Crippen LogP contribution in [0, 0.1) is 0 Å². The number of aromatic nitrogens is 1. The van der Waals surface area contributed by atoms with E-state index in [0.29, 0.717) is 18.5 Å². The lowest BCUT2D eigenvalue weighted by atomic mass is 10.1. The van der Waals surface area contributed by atoms with Gasteiger partial charge in [0.25, 0.3) is 0 Å². The first-order valence-electron chi connectivity index (χ1n) is 9.26. The molecule has 150 valence electrons. The lowest BCUT2D eigenvalue weighted by molar-refractivity contribution is 0.155. The largest absolute Gasteiger partial charge is 0.385 e. The van der Waals surface area contributed by atoms with Crippen LogP contribution in [-0.4, -0.2) is 62.5 Å². The van der Waals surface area contributed by atoms with Gasteiger partial charge in [-0.2, -0.15) is 0 Å². The molecule has 0 aromatic carbocycles. The van der Waals surface area contributed by atoms with Crippen molar-refractivity contribution in [3.05, 3.63) is 17.5 Å². The average molecular weight is 479 g/mol. The first kappa shape index (κ1) is 23.2. The molecule has 1 aliphatic rings. The molecule has 26 heavy (non-hydrogen) atoms. The zero-order chi connectivity index (χ0) is 18.1. The molecule has 2 N–H and O–H groups in total. The number of methoxy groups -OCH3 is 1. The highest BCUT2D eigenvalue weighted by Gasteiger charge is 2.19. The summed E-state index contributed by atoms with van der Waals surface area (Å²) in [6.07, 6.45) is 3.37. The van der Waals surface area contributed by atoms with E-state index in [0.717, 1.165) is 62.9 Å². The van der Waals surface area contributed by atoms with Gasteiger partial charge in [-0.15, -0.1) is 24.0 Å². The Hall–Kier alpha value is -0.870. The van der Waals surface area contributed by atoms with E-state index in [4.69, 9.17) is 9.26 Å². The molecule has 1 aromatic rings. The molecule has 0 atom stereocenters. The molecule has 1 aromatic heterocycles. The molecule has 7 nitrogen and oxygen atoms in total. The van der Waals surface area contributed by atoms with Crippen LogP contribution < -0.4 is 10.6 Å². The second-order valence-corrected chi connectivity index (χ2v) is 6.91. The summed E-state index contributed by atoms with van der Waals surface area (Å²) in [4.78, 5) is 6.83. The highest BCUT2D eigenvalue weighted by Crippen LogP contribution is 2.14. The Morgan fingerprint density at radius 3 is 2.73 bits per heavy atom. The molecule has 0 aliphatic carbocycles. The molecule has 0 radical (unpaired) electrons. The van der Waals surface area contributed by atoms with Crippen LogP contribution in [0.4, 0.5) is 0 Å². The van der Waals surface area contributed by atoms with Crippen LogP contribution in [0.1, 0.15) is 50.5 Å². The van der Waals surface area contributed by atoms with E-state index in [-0.39, 0.29) is 24.0 Å². The van der Waals surface area contributed by atoms with Gasteiger partial charge in [0, 0.05) is 52.5 Å². The van der Waals surface area contributed by atoms with Crippen molar-refractivity contribution in [2.75, 3.05) is 40.4 Å². The van der Waals surface area contributed by atoms with Crippen LogP contribution >= 0.6 is 24.0 Å². The number of nitrogens with zero attached hydrogens (tertiary/aromatic N) is 3. The molecule has 0 unspecified atom stereocenters. The van der Waals surface area contributed by atoms with Crippen molar-refractivity contribution in [2.24, 2.45) is 4.99 Å². The predicted molar refractivity (Wildman–Crippen MR) is 115 cm³/mol. The quantitative estimate of drug-likeness (QED) is 0.259. The highest BCUT2D eigenvalue weighted by molar-refractivity contribution is 14.0. The molecule has 1 saturated heterocycles. The number of likely N-dealkylation sites (tertiary alicyclic amines) is 1. The van der Waals surface area contributed by atoms with Crippen LogP contribution in [0.25, 0.3) is 0 Å². The lowest BCUT2D eigenvalue weighted by Crippen LogP contribution is -2.48. The Kier molecular flexibility index (Phi) is 11.1. The summed E-state index contributed by atoms with van der Waals surface area (Å²) in [6.45, 7) is 9.02. The van der Waals surface area contributed by atoms with Gasteiger partial charge in [-0.3, -0.25) is 4.99 Å². The van der Waals surface area contributed by atoms with Gasteiger partial charge in [0.2, 0.25) is 0 Å². The fourth-order valence-corrected chi connectivity index (χ4v) is 2.98. The number of nitrogens with one attached hydrogen (secondary N) is 2. The topological polar surface area (TPSA) is 74.9 Å². The summed E-state index contributed by atoms with van der Waals surface area (Å²) in [5.41, 5.74) is 0.987. The normalized spacial score (nSPS) is 16.6. The fraction of sp³-hybridized carbons (Fsp3) is 0.778. The molecule has 2 heterocycles.